The van der Waals surface area contributed by atoms with E-state index in [4.69, 9.17) is 0 Å². The number of hydrogen-bond acceptors (Lipinski definition) is 1. The Morgan fingerprint density at radius 2 is 1.09 bits per heavy atom. The molecule has 178 valence electrons. The summed E-state index contributed by atoms with van der Waals surface area (Å²) in [6.07, 6.45) is 9.50. The van der Waals surface area contributed by atoms with Crippen molar-refractivity contribution in [1.29, 1.82) is 0 Å². The summed E-state index contributed by atoms with van der Waals surface area (Å²) < 4.78 is 0. The van der Waals surface area contributed by atoms with Crippen LogP contribution in [-0.4, -0.2) is 11.1 Å². The van der Waals surface area contributed by atoms with Gasteiger partial charge in [-0.25, -0.2) is 4.79 Å². The monoisotopic (exact) mass is 462 g/mol. The lowest BCUT2D eigenvalue weighted by atomic mass is 10.0. The van der Waals surface area contributed by atoms with Crippen LogP contribution in [0.2, 0.25) is 0 Å². The van der Waals surface area contributed by atoms with Gasteiger partial charge in [0, 0.05) is 22.3 Å². The summed E-state index contributed by atoms with van der Waals surface area (Å²) in [7, 11) is 0. The Balaban J connectivity index is 1.71. The zero-order valence-corrected chi connectivity index (χ0v) is 20.9. The molecule has 0 aliphatic heterocycles. The second-order valence-corrected chi connectivity index (χ2v) is 8.87. The minimum absolute atomic E-state index is 0.173. The third-order valence-corrected chi connectivity index (χ3v) is 5.99. The van der Waals surface area contributed by atoms with E-state index in [1.54, 1.807) is 12.1 Å². The Bertz CT molecular complexity index is 1230. The molecule has 0 heterocycles. The molecule has 2 heteroatoms. The summed E-state index contributed by atoms with van der Waals surface area (Å²) >= 11 is 0. The molecule has 0 saturated heterocycles. The van der Waals surface area contributed by atoms with Gasteiger partial charge in [0.25, 0.3) is 0 Å². The molecule has 0 fully saturated rings. The van der Waals surface area contributed by atoms with Crippen molar-refractivity contribution in [2.45, 2.75) is 65.2 Å². The van der Waals surface area contributed by atoms with Crippen molar-refractivity contribution < 1.29 is 9.90 Å². The van der Waals surface area contributed by atoms with E-state index in [0.717, 1.165) is 24.0 Å². The van der Waals surface area contributed by atoms with Crippen LogP contribution < -0.4 is 0 Å². The largest absolute Gasteiger partial charge is 0.478 e. The third-order valence-electron chi connectivity index (χ3n) is 5.99. The van der Waals surface area contributed by atoms with Crippen molar-refractivity contribution in [3.63, 3.8) is 0 Å². The molecule has 3 aromatic carbocycles. The van der Waals surface area contributed by atoms with Gasteiger partial charge in [-0.1, -0.05) is 87.5 Å². The molecule has 0 aromatic heterocycles. The predicted octanol–water partition coefficient (Wildman–Crippen LogP) is 7.65. The fourth-order valence-electron chi connectivity index (χ4n) is 3.86. The molecule has 0 aliphatic rings. The van der Waals surface area contributed by atoms with Gasteiger partial charge < -0.3 is 5.11 Å². The van der Waals surface area contributed by atoms with Crippen molar-refractivity contribution >= 4 is 5.97 Å². The molecular weight excluding hydrogens is 428 g/mol. The van der Waals surface area contributed by atoms with Crippen molar-refractivity contribution in [2.75, 3.05) is 0 Å². The van der Waals surface area contributed by atoms with Gasteiger partial charge in [0.2, 0.25) is 0 Å². The first-order valence-electron chi connectivity index (χ1n) is 12.7. The van der Waals surface area contributed by atoms with Crippen molar-refractivity contribution in [1.82, 2.24) is 0 Å². The van der Waals surface area contributed by atoms with Gasteiger partial charge >= 0.3 is 5.97 Å². The molecule has 0 unspecified atom stereocenters. The van der Waals surface area contributed by atoms with E-state index in [1.165, 1.54) is 49.7 Å². The van der Waals surface area contributed by atoms with Crippen molar-refractivity contribution in [3.8, 4) is 23.7 Å². The fraction of sp³-hybridized carbons (Fsp3) is 0.303. The second kappa shape index (κ2) is 13.8. The predicted molar refractivity (Wildman–Crippen MR) is 145 cm³/mol. The van der Waals surface area contributed by atoms with Gasteiger partial charge in [0.1, 0.15) is 0 Å². The van der Waals surface area contributed by atoms with Crippen LogP contribution in [0, 0.1) is 23.7 Å². The van der Waals surface area contributed by atoms with Crippen LogP contribution in [-0.2, 0) is 12.8 Å². The van der Waals surface area contributed by atoms with Crippen LogP contribution in [0.4, 0.5) is 0 Å². The van der Waals surface area contributed by atoms with Gasteiger partial charge in [-0.05, 0) is 79.3 Å². The van der Waals surface area contributed by atoms with Crippen LogP contribution in [0.3, 0.4) is 0 Å². The average Bonchev–Trinajstić information content (AvgIpc) is 2.88. The summed E-state index contributed by atoms with van der Waals surface area (Å²) in [6, 6.07) is 21.7. The summed E-state index contributed by atoms with van der Waals surface area (Å²) in [5, 5.41) is 9.71. The molecule has 0 aliphatic carbocycles. The van der Waals surface area contributed by atoms with Crippen molar-refractivity contribution in [3.05, 3.63) is 106 Å². The highest BCUT2D eigenvalue weighted by atomic mass is 16.4. The summed E-state index contributed by atoms with van der Waals surface area (Å²) in [5.41, 5.74) is 5.76. The van der Waals surface area contributed by atoms with Crippen LogP contribution in [0.15, 0.2) is 66.7 Å². The zero-order valence-electron chi connectivity index (χ0n) is 20.9. The first kappa shape index (κ1) is 25.9. The highest BCUT2D eigenvalue weighted by Gasteiger charge is 2.09. The van der Waals surface area contributed by atoms with Crippen LogP contribution in [0.25, 0.3) is 0 Å². The standard InChI is InChI=1S/C33H34O2/c1-3-5-7-9-26-11-15-28(16-12-26)19-20-30-22-24-31(32(25-30)33(34)35)23-21-29-17-13-27(14-18-29)10-8-6-4-2/h11-18,22,24-25H,3-10H2,1-2H3,(H,34,35). The second-order valence-electron chi connectivity index (χ2n) is 8.87. The molecule has 1 N–H and O–H groups in total. The quantitative estimate of drug-likeness (QED) is 0.262. The Morgan fingerprint density at radius 3 is 1.57 bits per heavy atom. The highest BCUT2D eigenvalue weighted by Crippen LogP contribution is 2.13. The van der Waals surface area contributed by atoms with Gasteiger partial charge in [-0.3, -0.25) is 0 Å². The molecule has 0 spiro atoms. The molecular formula is C33H34O2. The van der Waals surface area contributed by atoms with Crippen LogP contribution in [0.5, 0.6) is 0 Å². The van der Waals surface area contributed by atoms with Crippen LogP contribution in [0.1, 0.15) is 96.1 Å². The third kappa shape index (κ3) is 8.51. The molecule has 0 bridgehead atoms. The molecule has 0 amide bonds. The number of carboxylic acid groups (broad SMARTS) is 1. The number of rotatable bonds is 9. The van der Waals surface area contributed by atoms with E-state index in [-0.39, 0.29) is 5.56 Å². The first-order chi connectivity index (χ1) is 17.1. The van der Waals surface area contributed by atoms with Crippen molar-refractivity contribution in [2.24, 2.45) is 0 Å². The number of benzene rings is 3. The molecule has 3 aromatic rings. The lowest BCUT2D eigenvalue weighted by molar-refractivity contribution is 0.0696. The lowest BCUT2D eigenvalue weighted by Crippen LogP contribution is -2.00. The first-order valence-corrected chi connectivity index (χ1v) is 12.7. The van der Waals surface area contributed by atoms with Crippen LogP contribution >= 0.6 is 0 Å². The maximum atomic E-state index is 11.9. The number of unbranched alkanes of at least 4 members (excludes halogenated alkanes) is 4. The SMILES string of the molecule is CCCCCc1ccc(C#Cc2ccc(C#Cc3ccc(CCCCC)cc3)c(C(=O)O)c2)cc1. The normalized spacial score (nSPS) is 10.1. The van der Waals surface area contributed by atoms with E-state index in [2.05, 4.69) is 61.8 Å². The molecule has 3 rings (SSSR count). The van der Waals surface area contributed by atoms with E-state index in [9.17, 15) is 9.90 Å². The molecule has 35 heavy (non-hydrogen) atoms. The molecule has 0 atom stereocenters. The topological polar surface area (TPSA) is 37.3 Å². The Kier molecular flexibility index (Phi) is 10.2. The maximum Gasteiger partial charge on any atom is 0.337 e. The number of aryl methyl sites for hydroxylation is 2. The minimum atomic E-state index is -0.999. The van der Waals surface area contributed by atoms with Gasteiger partial charge in [0.05, 0.1) is 5.56 Å². The van der Waals surface area contributed by atoms with E-state index < -0.39 is 5.97 Å². The average molecular weight is 463 g/mol. The lowest BCUT2D eigenvalue weighted by Gasteiger charge is -2.02. The molecule has 0 saturated carbocycles. The summed E-state index contributed by atoms with van der Waals surface area (Å²) in [4.78, 5) is 11.9. The van der Waals surface area contributed by atoms with Gasteiger partial charge in [-0.15, -0.1) is 0 Å². The van der Waals surface area contributed by atoms with Gasteiger partial charge in [0.15, 0.2) is 0 Å². The Hall–Kier alpha value is -3.75. The molecule has 0 radical (unpaired) electrons. The van der Waals surface area contributed by atoms with E-state index >= 15 is 0 Å². The van der Waals surface area contributed by atoms with Gasteiger partial charge in [-0.2, -0.15) is 0 Å². The number of carboxylic acids is 1. The van der Waals surface area contributed by atoms with E-state index in [1.807, 2.05) is 30.3 Å². The smallest absolute Gasteiger partial charge is 0.337 e. The summed E-state index contributed by atoms with van der Waals surface area (Å²) in [5.74, 6) is 11.4. The van der Waals surface area contributed by atoms with E-state index in [0.29, 0.717) is 11.1 Å². The maximum absolute atomic E-state index is 11.9. The summed E-state index contributed by atoms with van der Waals surface area (Å²) in [6.45, 7) is 4.41. The minimum Gasteiger partial charge on any atom is -0.478 e. The number of hydrogen-bond donors (Lipinski definition) is 1. The Labute approximate surface area is 210 Å². The number of carbonyl (C=O) groups is 1. The molecule has 2 nitrogen and oxygen atoms in total. The highest BCUT2D eigenvalue weighted by molar-refractivity contribution is 5.91. The Morgan fingerprint density at radius 1 is 0.629 bits per heavy atom. The fourth-order valence-corrected chi connectivity index (χ4v) is 3.86. The zero-order chi connectivity index (χ0) is 24.9. The number of aromatic carboxylic acids is 1.